The highest BCUT2D eigenvalue weighted by Crippen LogP contribution is 2.34. The number of ether oxygens (including phenoxy) is 1. The molecule has 2 N–H and O–H groups in total. The molecule has 1 aliphatic heterocycles. The van der Waals surface area contributed by atoms with Gasteiger partial charge in [0, 0.05) is 32.4 Å². The Labute approximate surface area is 170 Å². The summed E-state index contributed by atoms with van der Waals surface area (Å²) in [5, 5.41) is 2.91. The highest BCUT2D eigenvalue weighted by molar-refractivity contribution is 6.04. The summed E-state index contributed by atoms with van der Waals surface area (Å²) >= 11 is 0. The van der Waals surface area contributed by atoms with Crippen LogP contribution in [0.5, 0.6) is 0 Å². The molecule has 2 amide bonds. The van der Waals surface area contributed by atoms with Crippen LogP contribution < -0.4 is 5.32 Å². The van der Waals surface area contributed by atoms with Gasteiger partial charge in [0.1, 0.15) is 5.52 Å². The number of aromatic amines is 1. The maximum absolute atomic E-state index is 12.6. The van der Waals surface area contributed by atoms with Gasteiger partial charge in [0.15, 0.2) is 5.65 Å². The van der Waals surface area contributed by atoms with E-state index in [-0.39, 0.29) is 23.3 Å². The first-order valence-electron chi connectivity index (χ1n) is 9.89. The van der Waals surface area contributed by atoms with Crippen LogP contribution in [0.25, 0.3) is 11.2 Å². The van der Waals surface area contributed by atoms with Crippen LogP contribution >= 0.6 is 0 Å². The second-order valence-electron chi connectivity index (χ2n) is 8.11. The molecule has 8 heteroatoms. The van der Waals surface area contributed by atoms with Crippen LogP contribution in [0.15, 0.2) is 25.0 Å². The number of piperidine rings is 1. The van der Waals surface area contributed by atoms with Crippen molar-refractivity contribution in [3.63, 3.8) is 0 Å². The second-order valence-corrected chi connectivity index (χ2v) is 8.11. The third kappa shape index (κ3) is 4.82. The van der Waals surface area contributed by atoms with E-state index in [1.54, 1.807) is 19.5 Å². The van der Waals surface area contributed by atoms with Gasteiger partial charge in [0.2, 0.25) is 5.91 Å². The van der Waals surface area contributed by atoms with Crippen molar-refractivity contribution in [3.8, 4) is 0 Å². The van der Waals surface area contributed by atoms with E-state index >= 15 is 0 Å². The third-order valence-electron chi connectivity index (χ3n) is 5.53. The predicted octanol–water partition coefficient (Wildman–Crippen LogP) is 2.08. The molecule has 1 aliphatic rings. The molecular weight excluding hydrogens is 370 g/mol. The Morgan fingerprint density at radius 1 is 1.45 bits per heavy atom. The molecule has 2 aromatic rings. The number of carbonyl (C=O) groups is 2. The molecule has 0 aromatic carbocycles. The lowest BCUT2D eigenvalue weighted by Crippen LogP contribution is -2.42. The largest absolute Gasteiger partial charge is 0.383 e. The summed E-state index contributed by atoms with van der Waals surface area (Å²) in [6.45, 7) is 9.53. The molecule has 1 fully saturated rings. The van der Waals surface area contributed by atoms with Crippen molar-refractivity contribution < 1.29 is 14.3 Å². The number of hydrogen-bond donors (Lipinski definition) is 2. The van der Waals surface area contributed by atoms with Crippen molar-refractivity contribution >= 4 is 23.0 Å². The molecule has 0 bridgehead atoms. The maximum atomic E-state index is 12.6. The molecule has 0 spiro atoms. The average molecular weight is 399 g/mol. The third-order valence-corrected chi connectivity index (χ3v) is 5.53. The fourth-order valence-corrected chi connectivity index (χ4v) is 3.79. The van der Waals surface area contributed by atoms with Gasteiger partial charge in [-0.3, -0.25) is 9.59 Å². The molecule has 2 aromatic heterocycles. The standard InChI is InChI=1S/C21H29N5O3/c1-5-17(27)26-8-6-21(3,7-9-26)10-15-11-22-19-18(25-15)16(12-23-19)20(28)24-14(2)13-29-4/h5,11-12,14H,1,6-10,13H2,2-4H3,(H,22,23)(H,24,28)/t14-/m1/s1. The number of carbonyl (C=O) groups excluding carboxylic acids is 2. The fourth-order valence-electron chi connectivity index (χ4n) is 3.79. The summed E-state index contributed by atoms with van der Waals surface area (Å²) < 4.78 is 5.07. The lowest BCUT2D eigenvalue weighted by Gasteiger charge is -2.39. The van der Waals surface area contributed by atoms with Crippen molar-refractivity contribution in [1.82, 2.24) is 25.2 Å². The van der Waals surface area contributed by atoms with Gasteiger partial charge in [-0.15, -0.1) is 0 Å². The number of amides is 2. The van der Waals surface area contributed by atoms with Gasteiger partial charge in [-0.1, -0.05) is 13.5 Å². The van der Waals surface area contributed by atoms with Crippen LogP contribution in [-0.2, 0) is 16.0 Å². The molecule has 0 aliphatic carbocycles. The van der Waals surface area contributed by atoms with Gasteiger partial charge in [0.25, 0.3) is 5.91 Å². The number of methoxy groups -OCH3 is 1. The second kappa shape index (κ2) is 8.73. The first kappa shape index (κ1) is 21.0. The Balaban J connectivity index is 1.73. The minimum atomic E-state index is -0.199. The Hall–Kier alpha value is -2.74. The molecule has 156 valence electrons. The van der Waals surface area contributed by atoms with Gasteiger partial charge in [-0.25, -0.2) is 9.97 Å². The van der Waals surface area contributed by atoms with E-state index < -0.39 is 0 Å². The van der Waals surface area contributed by atoms with Crippen LogP contribution in [0, 0.1) is 5.41 Å². The van der Waals surface area contributed by atoms with E-state index in [0.29, 0.717) is 36.4 Å². The van der Waals surface area contributed by atoms with Crippen LogP contribution in [0.1, 0.15) is 42.7 Å². The van der Waals surface area contributed by atoms with Gasteiger partial charge >= 0.3 is 0 Å². The summed E-state index contributed by atoms with van der Waals surface area (Å²) in [4.78, 5) is 38.4. The molecule has 1 saturated heterocycles. The summed E-state index contributed by atoms with van der Waals surface area (Å²) in [5.41, 5.74) is 2.53. The van der Waals surface area contributed by atoms with E-state index in [0.717, 1.165) is 25.0 Å². The monoisotopic (exact) mass is 399 g/mol. The SMILES string of the molecule is C=CC(=O)N1CCC(C)(Cc2cnc3[nH]cc(C(=O)N[C@H](C)COC)c3n2)CC1. The van der Waals surface area contributed by atoms with Crippen molar-refractivity contribution in [1.29, 1.82) is 0 Å². The number of fused-ring (bicyclic) bond motifs is 1. The number of aromatic nitrogens is 3. The quantitative estimate of drug-likeness (QED) is 0.695. The van der Waals surface area contributed by atoms with Crippen molar-refractivity contribution in [2.24, 2.45) is 5.41 Å². The number of hydrogen-bond acceptors (Lipinski definition) is 5. The van der Waals surface area contributed by atoms with E-state index in [1.165, 1.54) is 6.08 Å². The Bertz CT molecular complexity index is 899. The van der Waals surface area contributed by atoms with Crippen molar-refractivity contribution in [2.45, 2.75) is 39.2 Å². The zero-order valence-corrected chi connectivity index (χ0v) is 17.3. The zero-order valence-electron chi connectivity index (χ0n) is 17.3. The lowest BCUT2D eigenvalue weighted by molar-refractivity contribution is -0.128. The maximum Gasteiger partial charge on any atom is 0.255 e. The number of rotatable bonds is 7. The summed E-state index contributed by atoms with van der Waals surface area (Å²) in [6.07, 6.45) is 7.31. The predicted molar refractivity (Wildman–Crippen MR) is 111 cm³/mol. The lowest BCUT2D eigenvalue weighted by atomic mass is 9.76. The highest BCUT2D eigenvalue weighted by atomic mass is 16.5. The van der Waals surface area contributed by atoms with Gasteiger partial charge in [-0.05, 0) is 37.7 Å². The van der Waals surface area contributed by atoms with Crippen molar-refractivity contribution in [3.05, 3.63) is 36.3 Å². The fraction of sp³-hybridized carbons (Fsp3) is 0.524. The number of likely N-dealkylation sites (tertiary alicyclic amines) is 1. The first-order chi connectivity index (χ1) is 13.8. The number of nitrogens with zero attached hydrogens (tertiary/aromatic N) is 3. The summed E-state index contributed by atoms with van der Waals surface area (Å²) in [7, 11) is 1.60. The van der Waals surface area contributed by atoms with Crippen LogP contribution in [0.2, 0.25) is 0 Å². The molecule has 0 unspecified atom stereocenters. The normalized spacial score (nSPS) is 17.1. The van der Waals surface area contributed by atoms with Crippen LogP contribution in [-0.4, -0.2) is 64.5 Å². The smallest absolute Gasteiger partial charge is 0.255 e. The number of H-pyrrole nitrogens is 1. The molecule has 0 saturated carbocycles. The van der Waals surface area contributed by atoms with Gasteiger partial charge < -0.3 is 19.9 Å². The minimum Gasteiger partial charge on any atom is -0.383 e. The molecular formula is C21H29N5O3. The minimum absolute atomic E-state index is 0.0149. The number of nitrogens with one attached hydrogen (secondary N) is 2. The van der Waals surface area contributed by atoms with Crippen molar-refractivity contribution in [2.75, 3.05) is 26.8 Å². The Morgan fingerprint density at radius 3 is 2.83 bits per heavy atom. The zero-order chi connectivity index (χ0) is 21.0. The van der Waals surface area contributed by atoms with Crippen LogP contribution in [0.3, 0.4) is 0 Å². The average Bonchev–Trinajstić information content (AvgIpc) is 3.11. The molecule has 0 radical (unpaired) electrons. The Kier molecular flexibility index (Phi) is 6.32. The van der Waals surface area contributed by atoms with Gasteiger partial charge in [0.05, 0.1) is 24.1 Å². The Morgan fingerprint density at radius 2 is 2.17 bits per heavy atom. The highest BCUT2D eigenvalue weighted by Gasteiger charge is 2.32. The van der Waals surface area contributed by atoms with E-state index in [4.69, 9.17) is 9.72 Å². The summed E-state index contributed by atoms with van der Waals surface area (Å²) in [6, 6.07) is -0.101. The molecule has 8 nitrogen and oxygen atoms in total. The first-order valence-corrected chi connectivity index (χ1v) is 9.89. The molecule has 1 atom stereocenters. The molecule has 3 rings (SSSR count). The van der Waals surface area contributed by atoms with Gasteiger partial charge in [-0.2, -0.15) is 0 Å². The molecule has 29 heavy (non-hydrogen) atoms. The van der Waals surface area contributed by atoms with E-state index in [9.17, 15) is 9.59 Å². The van der Waals surface area contributed by atoms with E-state index in [2.05, 4.69) is 28.8 Å². The van der Waals surface area contributed by atoms with Crippen LogP contribution in [0.4, 0.5) is 0 Å². The topological polar surface area (TPSA) is 100 Å². The molecule has 3 heterocycles. The summed E-state index contributed by atoms with van der Waals surface area (Å²) in [5.74, 6) is -0.214. The van der Waals surface area contributed by atoms with E-state index in [1.807, 2.05) is 11.8 Å².